The Morgan fingerprint density at radius 1 is 0.882 bits per heavy atom. The number of rotatable bonds is 0. The highest BCUT2D eigenvalue weighted by atomic mass is 14.7. The molecule has 4 aromatic rings. The first-order valence-electron chi connectivity index (χ1n) is 5.52. The van der Waals surface area contributed by atoms with Crippen molar-refractivity contribution in [2.24, 2.45) is 0 Å². The van der Waals surface area contributed by atoms with E-state index in [2.05, 4.69) is 27.1 Å². The van der Waals surface area contributed by atoms with Crippen LogP contribution in [0.1, 0.15) is 0 Å². The highest BCUT2D eigenvalue weighted by Crippen LogP contribution is 2.31. The van der Waals surface area contributed by atoms with Crippen molar-refractivity contribution in [1.82, 2.24) is 15.0 Å². The van der Waals surface area contributed by atoms with Crippen LogP contribution in [-0.4, -0.2) is 15.0 Å². The first-order chi connectivity index (χ1) is 8.45. The number of hydrogen-bond donors (Lipinski definition) is 1. The number of nitrogens with one attached hydrogen (secondary N) is 1. The number of H-pyrrole nitrogens is 1. The van der Waals surface area contributed by atoms with Gasteiger partial charge in [0.1, 0.15) is 0 Å². The summed E-state index contributed by atoms with van der Waals surface area (Å²) in [6.45, 7) is 0. The Kier molecular flexibility index (Phi) is 1.56. The number of aromatic amines is 1. The molecule has 0 saturated carbocycles. The van der Waals surface area contributed by atoms with Crippen LogP contribution in [-0.2, 0) is 0 Å². The van der Waals surface area contributed by atoms with E-state index in [1.54, 1.807) is 0 Å². The molecule has 0 radical (unpaired) electrons. The number of fused-ring (bicyclic) bond motifs is 6. The second-order valence-electron chi connectivity index (χ2n) is 4.09. The smallest absolute Gasteiger partial charge is 0.0949 e. The molecule has 0 atom stereocenters. The normalized spacial score (nSPS) is 11.5. The minimum Gasteiger partial charge on any atom is -0.359 e. The predicted octanol–water partition coefficient (Wildman–Crippen LogP) is 3.26. The molecule has 0 aliphatic rings. The van der Waals surface area contributed by atoms with E-state index in [0.717, 1.165) is 16.4 Å². The van der Waals surface area contributed by atoms with E-state index < -0.39 is 0 Å². The molecule has 0 aliphatic carbocycles. The lowest BCUT2D eigenvalue weighted by Gasteiger charge is -2.05. The second kappa shape index (κ2) is 3.04. The fraction of sp³-hybridized carbons (Fsp3) is 0. The standard InChI is InChI=1S/C14H9N3/c1-3-9-11-7-15-8-12(11)10-4-2-6-17-14(10)13(9)16-5-1/h1-8,16H. The lowest BCUT2D eigenvalue weighted by atomic mass is 10.0. The van der Waals surface area contributed by atoms with Crippen molar-refractivity contribution in [2.75, 3.05) is 0 Å². The number of aromatic nitrogens is 3. The molecule has 3 heterocycles. The van der Waals surface area contributed by atoms with Crippen LogP contribution in [0.15, 0.2) is 49.1 Å². The molecule has 0 fully saturated rings. The van der Waals surface area contributed by atoms with E-state index in [1.165, 1.54) is 16.2 Å². The Morgan fingerprint density at radius 2 is 1.71 bits per heavy atom. The van der Waals surface area contributed by atoms with Gasteiger partial charge in [0, 0.05) is 46.3 Å². The fourth-order valence-electron chi connectivity index (χ4n) is 2.43. The first kappa shape index (κ1) is 8.70. The van der Waals surface area contributed by atoms with Crippen molar-refractivity contribution in [3.63, 3.8) is 0 Å². The van der Waals surface area contributed by atoms with E-state index >= 15 is 0 Å². The molecule has 0 saturated heterocycles. The van der Waals surface area contributed by atoms with E-state index in [-0.39, 0.29) is 0 Å². The van der Waals surface area contributed by atoms with Crippen molar-refractivity contribution < 1.29 is 0 Å². The minimum atomic E-state index is 1.00. The lowest BCUT2D eigenvalue weighted by molar-refractivity contribution is 1.38. The van der Waals surface area contributed by atoms with E-state index in [4.69, 9.17) is 0 Å². The van der Waals surface area contributed by atoms with E-state index in [0.29, 0.717) is 0 Å². The zero-order valence-corrected chi connectivity index (χ0v) is 9.01. The van der Waals surface area contributed by atoms with Gasteiger partial charge in [0.15, 0.2) is 0 Å². The highest BCUT2D eigenvalue weighted by molar-refractivity contribution is 6.22. The SMILES string of the molecule is c1cnc2c(c1)c1cncc1c1ccc[nH]c12. The summed E-state index contributed by atoms with van der Waals surface area (Å²) in [6, 6.07) is 8.16. The third-order valence-electron chi connectivity index (χ3n) is 3.18. The molecule has 0 bridgehead atoms. The molecule has 17 heavy (non-hydrogen) atoms. The maximum atomic E-state index is 4.48. The maximum absolute atomic E-state index is 4.48. The Hall–Kier alpha value is -2.42. The van der Waals surface area contributed by atoms with Gasteiger partial charge < -0.3 is 4.98 Å². The predicted molar refractivity (Wildman–Crippen MR) is 68.9 cm³/mol. The topological polar surface area (TPSA) is 41.6 Å². The minimum absolute atomic E-state index is 1.00. The van der Waals surface area contributed by atoms with Gasteiger partial charge in [-0.05, 0) is 12.1 Å². The van der Waals surface area contributed by atoms with Crippen molar-refractivity contribution >= 4 is 32.6 Å². The zero-order chi connectivity index (χ0) is 11.2. The Labute approximate surface area is 97.1 Å². The van der Waals surface area contributed by atoms with Crippen LogP contribution in [0.4, 0.5) is 0 Å². The Bertz CT molecular complexity index is 776. The summed E-state index contributed by atoms with van der Waals surface area (Å²) in [6.07, 6.45) is 7.58. The van der Waals surface area contributed by atoms with Gasteiger partial charge in [-0.3, -0.25) is 9.97 Å². The average Bonchev–Trinajstić information content (AvgIpc) is 2.89. The van der Waals surface area contributed by atoms with Gasteiger partial charge in [0.05, 0.1) is 11.0 Å². The van der Waals surface area contributed by atoms with Gasteiger partial charge in [-0.2, -0.15) is 0 Å². The van der Waals surface area contributed by atoms with Gasteiger partial charge in [-0.15, -0.1) is 0 Å². The summed E-state index contributed by atoms with van der Waals surface area (Å²) in [7, 11) is 0. The molecule has 4 rings (SSSR count). The van der Waals surface area contributed by atoms with E-state index in [1.807, 2.05) is 36.9 Å². The first-order valence-corrected chi connectivity index (χ1v) is 5.52. The molecule has 0 aliphatic heterocycles. The maximum Gasteiger partial charge on any atom is 0.0949 e. The quantitative estimate of drug-likeness (QED) is 0.461. The lowest BCUT2D eigenvalue weighted by Crippen LogP contribution is -1.85. The van der Waals surface area contributed by atoms with Crippen molar-refractivity contribution in [3.8, 4) is 0 Å². The molecular weight excluding hydrogens is 210 g/mol. The van der Waals surface area contributed by atoms with Gasteiger partial charge in [-0.25, -0.2) is 0 Å². The summed E-state index contributed by atoms with van der Waals surface area (Å²) in [5.74, 6) is 0. The van der Waals surface area contributed by atoms with Crippen molar-refractivity contribution in [2.45, 2.75) is 0 Å². The van der Waals surface area contributed by atoms with Crippen molar-refractivity contribution in [1.29, 1.82) is 0 Å². The molecule has 3 nitrogen and oxygen atoms in total. The number of pyridine rings is 2. The van der Waals surface area contributed by atoms with Crippen LogP contribution in [0.2, 0.25) is 0 Å². The molecule has 3 heteroatoms. The summed E-state index contributed by atoms with van der Waals surface area (Å²) in [5.41, 5.74) is 2.08. The molecular formula is C14H9N3. The van der Waals surface area contributed by atoms with Gasteiger partial charge in [0.25, 0.3) is 0 Å². The zero-order valence-electron chi connectivity index (χ0n) is 9.01. The van der Waals surface area contributed by atoms with Gasteiger partial charge in [-0.1, -0.05) is 12.1 Å². The van der Waals surface area contributed by atoms with Gasteiger partial charge in [0.2, 0.25) is 0 Å². The molecule has 3 aromatic heterocycles. The molecule has 1 N–H and O–H groups in total. The van der Waals surface area contributed by atoms with E-state index in [9.17, 15) is 0 Å². The summed E-state index contributed by atoms with van der Waals surface area (Å²) in [5, 5.41) is 4.67. The molecule has 0 unspecified atom stereocenters. The summed E-state index contributed by atoms with van der Waals surface area (Å²) < 4.78 is 0. The summed E-state index contributed by atoms with van der Waals surface area (Å²) >= 11 is 0. The Balaban J connectivity index is 2.48. The van der Waals surface area contributed by atoms with Crippen LogP contribution in [0.5, 0.6) is 0 Å². The molecule has 1 aromatic carbocycles. The average molecular weight is 219 g/mol. The molecule has 0 amide bonds. The second-order valence-corrected chi connectivity index (χ2v) is 4.09. The van der Waals surface area contributed by atoms with Crippen LogP contribution < -0.4 is 0 Å². The third-order valence-corrected chi connectivity index (χ3v) is 3.18. The van der Waals surface area contributed by atoms with Crippen molar-refractivity contribution in [3.05, 3.63) is 49.1 Å². The Morgan fingerprint density at radius 3 is 2.65 bits per heavy atom. The third kappa shape index (κ3) is 1.05. The number of hydrogen-bond acceptors (Lipinski definition) is 2. The van der Waals surface area contributed by atoms with Crippen LogP contribution in [0.25, 0.3) is 32.6 Å². The highest BCUT2D eigenvalue weighted by Gasteiger charge is 2.09. The summed E-state index contributed by atoms with van der Waals surface area (Å²) in [4.78, 5) is 12.0. The molecule has 0 spiro atoms. The van der Waals surface area contributed by atoms with Crippen LogP contribution in [0.3, 0.4) is 0 Å². The fourth-order valence-corrected chi connectivity index (χ4v) is 2.43. The number of nitrogens with zero attached hydrogens (tertiary/aromatic N) is 2. The molecule has 80 valence electrons. The van der Waals surface area contributed by atoms with Crippen LogP contribution in [0, 0.1) is 0 Å². The van der Waals surface area contributed by atoms with Gasteiger partial charge >= 0.3 is 0 Å². The largest absolute Gasteiger partial charge is 0.359 e. The number of benzene rings is 1. The van der Waals surface area contributed by atoms with Crippen LogP contribution >= 0.6 is 0 Å². The monoisotopic (exact) mass is 219 g/mol.